The minimum Gasteiger partial charge on any atom is -0.431 e. The second-order valence-corrected chi connectivity index (χ2v) is 7.77. The third-order valence-electron chi connectivity index (χ3n) is 5.50. The molecule has 2 aliphatic carbocycles. The van der Waals surface area contributed by atoms with Gasteiger partial charge in [0.15, 0.2) is 0 Å². The van der Waals surface area contributed by atoms with Crippen molar-refractivity contribution in [1.29, 1.82) is 0 Å². The first kappa shape index (κ1) is 17.2. The first-order valence-electron chi connectivity index (χ1n) is 9.92. The van der Waals surface area contributed by atoms with Gasteiger partial charge in [-0.1, -0.05) is 30.3 Å². The zero-order valence-electron chi connectivity index (χ0n) is 15.6. The van der Waals surface area contributed by atoms with Crippen LogP contribution in [0.3, 0.4) is 0 Å². The van der Waals surface area contributed by atoms with Crippen molar-refractivity contribution < 1.29 is 9.21 Å². The summed E-state index contributed by atoms with van der Waals surface area (Å²) in [5, 5.41) is 6.54. The van der Waals surface area contributed by atoms with Crippen LogP contribution in [0.15, 0.2) is 65.2 Å². The van der Waals surface area contributed by atoms with Gasteiger partial charge in [-0.3, -0.25) is 4.79 Å². The van der Waals surface area contributed by atoms with E-state index in [9.17, 15) is 4.79 Å². The van der Waals surface area contributed by atoms with Crippen molar-refractivity contribution in [2.75, 3.05) is 11.9 Å². The largest absolute Gasteiger partial charge is 0.431 e. The molecule has 3 aromatic rings. The maximum Gasteiger partial charge on any atom is 0.293 e. The summed E-state index contributed by atoms with van der Waals surface area (Å²) < 4.78 is 5.61. The highest BCUT2D eigenvalue weighted by atomic mass is 16.4. The number of hydrogen-bond acceptors (Lipinski definition) is 4. The van der Waals surface area contributed by atoms with Crippen molar-refractivity contribution >= 4 is 11.6 Å². The Labute approximate surface area is 164 Å². The Morgan fingerprint density at radius 1 is 1.07 bits per heavy atom. The van der Waals surface area contributed by atoms with Gasteiger partial charge in [0.1, 0.15) is 0 Å². The van der Waals surface area contributed by atoms with Gasteiger partial charge in [0.25, 0.3) is 5.91 Å². The summed E-state index contributed by atoms with van der Waals surface area (Å²) in [4.78, 5) is 16.6. The Kier molecular flexibility index (Phi) is 4.45. The van der Waals surface area contributed by atoms with Gasteiger partial charge in [-0.15, -0.1) is 0 Å². The van der Waals surface area contributed by atoms with Crippen LogP contribution in [0.25, 0.3) is 11.5 Å². The van der Waals surface area contributed by atoms with Crippen molar-refractivity contribution in [1.82, 2.24) is 10.3 Å². The monoisotopic (exact) mass is 373 g/mol. The number of amides is 1. The van der Waals surface area contributed by atoms with Gasteiger partial charge in [0, 0.05) is 23.2 Å². The average molecular weight is 373 g/mol. The lowest BCUT2D eigenvalue weighted by atomic mass is 10.1. The predicted octanol–water partition coefficient (Wildman–Crippen LogP) is 4.45. The number of aromatic nitrogens is 1. The molecule has 5 heteroatoms. The van der Waals surface area contributed by atoms with E-state index in [1.54, 1.807) is 0 Å². The average Bonchev–Trinajstić information content (AvgIpc) is 3.65. The summed E-state index contributed by atoms with van der Waals surface area (Å²) >= 11 is 0. The molecule has 1 amide bonds. The Morgan fingerprint density at radius 3 is 2.61 bits per heavy atom. The molecule has 5 nitrogen and oxygen atoms in total. The van der Waals surface area contributed by atoms with Crippen LogP contribution in [-0.4, -0.2) is 23.5 Å². The van der Waals surface area contributed by atoms with Gasteiger partial charge in [0.05, 0.1) is 6.20 Å². The molecule has 2 fully saturated rings. The van der Waals surface area contributed by atoms with E-state index < -0.39 is 0 Å². The number of anilines is 1. The topological polar surface area (TPSA) is 67.2 Å². The maximum absolute atomic E-state index is 12.4. The molecule has 1 heterocycles. The summed E-state index contributed by atoms with van der Waals surface area (Å²) in [5.41, 5.74) is 2.94. The smallest absolute Gasteiger partial charge is 0.293 e. The summed E-state index contributed by atoms with van der Waals surface area (Å²) in [6, 6.07) is 18.3. The lowest BCUT2D eigenvalue weighted by Crippen LogP contribution is -2.20. The molecular weight excluding hydrogens is 350 g/mol. The molecule has 2 N–H and O–H groups in total. The number of benzene rings is 2. The Hall–Kier alpha value is -2.92. The summed E-state index contributed by atoms with van der Waals surface area (Å²) in [6.45, 7) is 1.16. The second-order valence-electron chi connectivity index (χ2n) is 7.77. The van der Waals surface area contributed by atoms with E-state index >= 15 is 0 Å². The third kappa shape index (κ3) is 3.85. The number of nitrogens with one attached hydrogen (secondary N) is 2. The number of oxazole rings is 1. The number of carbonyl (C=O) groups is 1. The highest BCUT2D eigenvalue weighted by Gasteiger charge is 2.38. The molecule has 0 aliphatic heterocycles. The fourth-order valence-electron chi connectivity index (χ4n) is 3.53. The lowest BCUT2D eigenvalue weighted by Gasteiger charge is -2.06. The summed E-state index contributed by atoms with van der Waals surface area (Å²) in [5.74, 6) is 1.87. The van der Waals surface area contributed by atoms with Crippen LogP contribution in [0.5, 0.6) is 0 Å². The van der Waals surface area contributed by atoms with Gasteiger partial charge >= 0.3 is 0 Å². The molecule has 2 aromatic carbocycles. The van der Waals surface area contributed by atoms with Crippen LogP contribution in [0.1, 0.15) is 41.3 Å². The SMILES string of the molecule is O=C(Nc1ccc([C@@H]2C[C@H]2NCC2CC2)cc1)c1cnc(-c2ccccc2)o1. The van der Waals surface area contributed by atoms with Crippen molar-refractivity contribution in [2.24, 2.45) is 5.92 Å². The molecule has 142 valence electrons. The first-order chi connectivity index (χ1) is 13.8. The van der Waals surface area contributed by atoms with E-state index in [-0.39, 0.29) is 11.7 Å². The molecule has 2 aliphatic rings. The van der Waals surface area contributed by atoms with E-state index in [2.05, 4.69) is 27.8 Å². The zero-order chi connectivity index (χ0) is 18.9. The van der Waals surface area contributed by atoms with Crippen LogP contribution in [-0.2, 0) is 0 Å². The molecule has 5 rings (SSSR count). The quantitative estimate of drug-likeness (QED) is 0.642. The van der Waals surface area contributed by atoms with Gasteiger partial charge in [-0.05, 0) is 61.6 Å². The van der Waals surface area contributed by atoms with Gasteiger partial charge in [-0.2, -0.15) is 0 Å². The zero-order valence-corrected chi connectivity index (χ0v) is 15.6. The Balaban J connectivity index is 1.18. The van der Waals surface area contributed by atoms with E-state index in [0.717, 1.165) is 23.7 Å². The van der Waals surface area contributed by atoms with Gasteiger partial charge in [0.2, 0.25) is 11.7 Å². The first-order valence-corrected chi connectivity index (χ1v) is 9.92. The molecular formula is C23H23N3O2. The molecule has 0 bridgehead atoms. The molecule has 0 unspecified atom stereocenters. The molecule has 2 atom stereocenters. The molecule has 1 aromatic heterocycles. The van der Waals surface area contributed by atoms with Gasteiger partial charge in [-0.25, -0.2) is 4.98 Å². The highest BCUT2D eigenvalue weighted by Crippen LogP contribution is 2.41. The molecule has 2 saturated carbocycles. The van der Waals surface area contributed by atoms with Crippen molar-refractivity contribution in [3.05, 3.63) is 72.1 Å². The predicted molar refractivity (Wildman–Crippen MR) is 108 cm³/mol. The van der Waals surface area contributed by atoms with Crippen LogP contribution in [0.4, 0.5) is 5.69 Å². The summed E-state index contributed by atoms with van der Waals surface area (Å²) in [6.07, 6.45) is 5.44. The molecule has 0 saturated heterocycles. The van der Waals surface area contributed by atoms with Crippen LogP contribution >= 0.6 is 0 Å². The number of nitrogens with zero attached hydrogens (tertiary/aromatic N) is 1. The molecule has 0 radical (unpaired) electrons. The minimum atomic E-state index is -0.294. The van der Waals surface area contributed by atoms with Crippen LogP contribution in [0.2, 0.25) is 0 Å². The number of rotatable bonds is 7. The number of hydrogen-bond donors (Lipinski definition) is 2. The van der Waals surface area contributed by atoms with Gasteiger partial charge < -0.3 is 15.1 Å². The lowest BCUT2D eigenvalue weighted by molar-refractivity contribution is 0.0997. The van der Waals surface area contributed by atoms with Crippen LogP contribution < -0.4 is 10.6 Å². The fraction of sp³-hybridized carbons (Fsp3) is 0.304. The van der Waals surface area contributed by atoms with E-state index in [1.807, 2.05) is 42.5 Å². The van der Waals surface area contributed by atoms with Crippen molar-refractivity contribution in [3.8, 4) is 11.5 Å². The van der Waals surface area contributed by atoms with E-state index in [1.165, 1.54) is 31.0 Å². The maximum atomic E-state index is 12.4. The van der Waals surface area contributed by atoms with Crippen LogP contribution in [0, 0.1) is 5.92 Å². The minimum absolute atomic E-state index is 0.203. The Bertz CT molecular complexity index is 961. The molecule has 0 spiro atoms. The highest BCUT2D eigenvalue weighted by molar-refractivity contribution is 6.02. The standard InChI is InChI=1S/C23H23N3O2/c27-22(21-14-25-23(28-21)17-4-2-1-3-5-17)26-18-10-8-16(9-11-18)19-12-20(19)24-13-15-6-7-15/h1-5,8-11,14-15,19-20,24H,6-7,12-13H2,(H,26,27)/t19-,20+/m0/s1. The van der Waals surface area contributed by atoms with Crippen molar-refractivity contribution in [3.63, 3.8) is 0 Å². The molecule has 28 heavy (non-hydrogen) atoms. The Morgan fingerprint density at radius 2 is 1.86 bits per heavy atom. The fourth-order valence-corrected chi connectivity index (χ4v) is 3.53. The van der Waals surface area contributed by atoms with Crippen molar-refractivity contribution in [2.45, 2.75) is 31.2 Å². The summed E-state index contributed by atoms with van der Waals surface area (Å²) in [7, 11) is 0. The third-order valence-corrected chi connectivity index (χ3v) is 5.50. The second kappa shape index (κ2) is 7.24. The number of carbonyl (C=O) groups excluding carboxylic acids is 1. The van der Waals surface area contributed by atoms with E-state index in [4.69, 9.17) is 4.42 Å². The normalized spacial score (nSPS) is 20.7. The van der Waals surface area contributed by atoms with E-state index in [0.29, 0.717) is 17.9 Å².